The molecule has 4 nitrogen and oxygen atoms in total. The summed E-state index contributed by atoms with van der Waals surface area (Å²) < 4.78 is 41.5. The third-order valence-corrected chi connectivity index (χ3v) is 5.53. The Labute approximate surface area is 138 Å². The summed E-state index contributed by atoms with van der Waals surface area (Å²) in [5, 5.41) is 0. The number of hydrogen-bond donors (Lipinski definition) is 2. The third kappa shape index (κ3) is 3.82. The quantitative estimate of drug-likeness (QED) is 0.767. The van der Waals surface area contributed by atoms with E-state index in [0.717, 1.165) is 5.56 Å². The van der Waals surface area contributed by atoms with Crippen molar-refractivity contribution in [1.29, 1.82) is 0 Å². The van der Waals surface area contributed by atoms with Crippen LogP contribution in [0.1, 0.15) is 5.56 Å². The number of hydrogen-bond acceptors (Lipinski definition) is 3. The second-order valence-corrected chi connectivity index (χ2v) is 7.62. The lowest BCUT2D eigenvalue weighted by Crippen LogP contribution is -2.15. The molecular formula is C13H11Br2FN2O2S. The van der Waals surface area contributed by atoms with E-state index in [0.29, 0.717) is 15.5 Å². The molecule has 2 rings (SSSR count). The maximum Gasteiger partial charge on any atom is 0.263 e. The molecule has 0 saturated carbocycles. The van der Waals surface area contributed by atoms with E-state index in [-0.39, 0.29) is 10.6 Å². The molecule has 0 spiro atoms. The molecule has 3 N–H and O–H groups in total. The highest BCUT2D eigenvalue weighted by molar-refractivity contribution is 9.10. The number of rotatable bonds is 4. The van der Waals surface area contributed by atoms with Crippen LogP contribution < -0.4 is 10.5 Å². The first kappa shape index (κ1) is 16.4. The second kappa shape index (κ2) is 6.43. The van der Waals surface area contributed by atoms with Gasteiger partial charge in [-0.05, 0) is 51.8 Å². The zero-order valence-corrected chi connectivity index (χ0v) is 14.6. The van der Waals surface area contributed by atoms with Crippen LogP contribution in [0.4, 0.5) is 10.1 Å². The van der Waals surface area contributed by atoms with Crippen molar-refractivity contribution < 1.29 is 12.8 Å². The fourth-order valence-corrected chi connectivity index (χ4v) is 4.21. The molecular weight excluding hydrogens is 427 g/mol. The molecule has 2 aromatic rings. The van der Waals surface area contributed by atoms with E-state index in [1.54, 1.807) is 12.1 Å². The maximum atomic E-state index is 13.7. The van der Waals surface area contributed by atoms with Crippen molar-refractivity contribution in [3.63, 3.8) is 0 Å². The zero-order valence-electron chi connectivity index (χ0n) is 10.6. The van der Waals surface area contributed by atoms with Gasteiger partial charge in [-0.25, -0.2) is 12.8 Å². The van der Waals surface area contributed by atoms with Gasteiger partial charge in [-0.2, -0.15) is 0 Å². The van der Waals surface area contributed by atoms with Crippen molar-refractivity contribution in [2.24, 2.45) is 5.73 Å². The number of sulfonamides is 1. The average Bonchev–Trinajstić information content (AvgIpc) is 2.42. The lowest BCUT2D eigenvalue weighted by Gasteiger charge is -2.11. The summed E-state index contributed by atoms with van der Waals surface area (Å²) in [5.74, 6) is -0.656. The van der Waals surface area contributed by atoms with Crippen LogP contribution in [0.2, 0.25) is 0 Å². The molecule has 0 amide bonds. The monoisotopic (exact) mass is 436 g/mol. The molecule has 0 fully saturated rings. The minimum Gasteiger partial charge on any atom is -0.326 e. The van der Waals surface area contributed by atoms with E-state index in [9.17, 15) is 12.8 Å². The van der Waals surface area contributed by atoms with Crippen LogP contribution in [-0.2, 0) is 16.6 Å². The van der Waals surface area contributed by atoms with Crippen LogP contribution in [0.3, 0.4) is 0 Å². The van der Waals surface area contributed by atoms with Gasteiger partial charge in [0.15, 0.2) is 0 Å². The summed E-state index contributed by atoms with van der Waals surface area (Å²) in [5.41, 5.74) is 6.16. The summed E-state index contributed by atoms with van der Waals surface area (Å²) in [4.78, 5) is 0.0130. The van der Waals surface area contributed by atoms with Crippen molar-refractivity contribution in [2.45, 2.75) is 11.4 Å². The molecule has 0 aliphatic heterocycles. The van der Waals surface area contributed by atoms with E-state index in [4.69, 9.17) is 5.73 Å². The Morgan fingerprint density at radius 3 is 2.48 bits per heavy atom. The van der Waals surface area contributed by atoms with Crippen molar-refractivity contribution in [3.05, 3.63) is 56.7 Å². The largest absolute Gasteiger partial charge is 0.326 e. The molecule has 0 radical (unpaired) electrons. The lowest BCUT2D eigenvalue weighted by molar-refractivity contribution is 0.598. The minimum atomic E-state index is -3.91. The SMILES string of the molecule is NCc1ccc(S(=O)(=O)Nc2cc(Br)ccc2F)c(Br)c1. The van der Waals surface area contributed by atoms with E-state index >= 15 is 0 Å². The van der Waals surface area contributed by atoms with Crippen molar-refractivity contribution in [1.82, 2.24) is 0 Å². The maximum absolute atomic E-state index is 13.7. The standard InChI is InChI=1S/C13H11Br2FN2O2S/c14-9-2-3-11(16)12(6-9)18-21(19,20)13-4-1-8(7-17)5-10(13)15/h1-6,18H,7,17H2. The van der Waals surface area contributed by atoms with Gasteiger partial charge >= 0.3 is 0 Å². The Morgan fingerprint density at radius 2 is 1.86 bits per heavy atom. The minimum absolute atomic E-state index is 0.0130. The number of benzene rings is 2. The van der Waals surface area contributed by atoms with E-state index < -0.39 is 15.8 Å². The molecule has 2 aromatic carbocycles. The zero-order chi connectivity index (χ0) is 15.6. The van der Waals surface area contributed by atoms with Gasteiger partial charge in [0.05, 0.1) is 5.69 Å². The molecule has 0 heterocycles. The van der Waals surface area contributed by atoms with Gasteiger partial charge in [0, 0.05) is 15.5 Å². The first-order valence-electron chi connectivity index (χ1n) is 5.80. The van der Waals surface area contributed by atoms with Gasteiger partial charge in [-0.15, -0.1) is 0 Å². The van der Waals surface area contributed by atoms with Crippen LogP contribution in [0.5, 0.6) is 0 Å². The van der Waals surface area contributed by atoms with Crippen LogP contribution >= 0.6 is 31.9 Å². The fourth-order valence-electron chi connectivity index (χ4n) is 1.66. The predicted molar refractivity (Wildman–Crippen MR) is 86.9 cm³/mol. The molecule has 0 bridgehead atoms. The Bertz CT molecular complexity index is 782. The van der Waals surface area contributed by atoms with Gasteiger partial charge in [0.25, 0.3) is 10.0 Å². The van der Waals surface area contributed by atoms with Crippen molar-refractivity contribution >= 4 is 47.6 Å². The number of anilines is 1. The summed E-state index contributed by atoms with van der Waals surface area (Å²) in [7, 11) is -3.91. The average molecular weight is 438 g/mol. The Morgan fingerprint density at radius 1 is 1.14 bits per heavy atom. The van der Waals surface area contributed by atoms with Gasteiger partial charge < -0.3 is 5.73 Å². The molecule has 0 aliphatic carbocycles. The Kier molecular flexibility index (Phi) is 5.03. The molecule has 0 aromatic heterocycles. The molecule has 8 heteroatoms. The number of nitrogens with one attached hydrogen (secondary N) is 1. The Hall–Kier alpha value is -0.960. The van der Waals surface area contributed by atoms with E-state index in [1.807, 2.05) is 0 Å². The van der Waals surface area contributed by atoms with Crippen LogP contribution in [0.15, 0.2) is 50.2 Å². The van der Waals surface area contributed by atoms with Gasteiger partial charge in [0.1, 0.15) is 10.7 Å². The molecule has 0 atom stereocenters. The number of nitrogens with two attached hydrogens (primary N) is 1. The highest BCUT2D eigenvalue weighted by Gasteiger charge is 2.19. The normalized spacial score (nSPS) is 11.4. The number of halogens is 3. The van der Waals surface area contributed by atoms with E-state index in [1.165, 1.54) is 24.3 Å². The summed E-state index contributed by atoms with van der Waals surface area (Å²) >= 11 is 6.36. The van der Waals surface area contributed by atoms with Crippen molar-refractivity contribution in [3.8, 4) is 0 Å². The Balaban J connectivity index is 2.41. The molecule has 0 unspecified atom stereocenters. The first-order valence-corrected chi connectivity index (χ1v) is 8.87. The predicted octanol–water partition coefficient (Wildman–Crippen LogP) is 3.61. The van der Waals surface area contributed by atoms with Crippen LogP contribution in [-0.4, -0.2) is 8.42 Å². The molecule has 112 valence electrons. The van der Waals surface area contributed by atoms with Gasteiger partial charge in [-0.1, -0.05) is 22.0 Å². The smallest absolute Gasteiger partial charge is 0.263 e. The van der Waals surface area contributed by atoms with Crippen molar-refractivity contribution in [2.75, 3.05) is 4.72 Å². The molecule has 0 aliphatic rings. The van der Waals surface area contributed by atoms with Crippen LogP contribution in [0, 0.1) is 5.82 Å². The molecule has 21 heavy (non-hydrogen) atoms. The summed E-state index contributed by atoms with van der Waals surface area (Å²) in [6.07, 6.45) is 0. The lowest BCUT2D eigenvalue weighted by atomic mass is 10.2. The van der Waals surface area contributed by atoms with Gasteiger partial charge in [-0.3, -0.25) is 4.72 Å². The summed E-state index contributed by atoms with van der Waals surface area (Å²) in [6, 6.07) is 8.66. The molecule has 0 saturated heterocycles. The highest BCUT2D eigenvalue weighted by atomic mass is 79.9. The fraction of sp³-hybridized carbons (Fsp3) is 0.0769. The third-order valence-electron chi connectivity index (χ3n) is 2.69. The topological polar surface area (TPSA) is 72.2 Å². The van der Waals surface area contributed by atoms with Gasteiger partial charge in [0.2, 0.25) is 0 Å². The van der Waals surface area contributed by atoms with Crippen LogP contribution in [0.25, 0.3) is 0 Å². The first-order chi connectivity index (χ1) is 9.83. The highest BCUT2D eigenvalue weighted by Crippen LogP contribution is 2.27. The summed E-state index contributed by atoms with van der Waals surface area (Å²) in [6.45, 7) is 0.298. The van der Waals surface area contributed by atoms with E-state index in [2.05, 4.69) is 36.6 Å². The second-order valence-electron chi connectivity index (χ2n) is 4.20.